The van der Waals surface area contributed by atoms with E-state index in [4.69, 9.17) is 11.6 Å². The highest BCUT2D eigenvalue weighted by molar-refractivity contribution is 6.30. The van der Waals surface area contributed by atoms with E-state index in [9.17, 15) is 9.90 Å². The van der Waals surface area contributed by atoms with Gasteiger partial charge in [-0.05, 0) is 29.8 Å². The Morgan fingerprint density at radius 1 is 1.29 bits per heavy atom. The van der Waals surface area contributed by atoms with Gasteiger partial charge in [0.2, 0.25) is 0 Å². The average molecular weight is 303 g/mol. The van der Waals surface area contributed by atoms with Crippen LogP contribution in [0.4, 0.5) is 11.4 Å². The van der Waals surface area contributed by atoms with E-state index in [1.54, 1.807) is 6.07 Å². The summed E-state index contributed by atoms with van der Waals surface area (Å²) in [6, 6.07) is 13.3. The van der Waals surface area contributed by atoms with Crippen molar-refractivity contribution in [1.29, 1.82) is 0 Å². The summed E-state index contributed by atoms with van der Waals surface area (Å²) in [7, 11) is 1.97. The first-order valence-corrected chi connectivity index (χ1v) is 7.01. The number of carbonyl (C=O) groups is 1. The van der Waals surface area contributed by atoms with Crippen molar-refractivity contribution in [3.63, 3.8) is 0 Å². The first kappa shape index (κ1) is 13.9. The van der Waals surface area contributed by atoms with Gasteiger partial charge < -0.3 is 15.3 Å². The van der Waals surface area contributed by atoms with Gasteiger partial charge in [0, 0.05) is 35.6 Å². The summed E-state index contributed by atoms with van der Waals surface area (Å²) >= 11 is 5.99. The first-order valence-electron chi connectivity index (χ1n) is 6.63. The molecule has 2 N–H and O–H groups in total. The number of rotatable bonds is 3. The smallest absolute Gasteiger partial charge is 0.257 e. The molecule has 1 aliphatic heterocycles. The maximum Gasteiger partial charge on any atom is 0.257 e. The number of nitrogens with one attached hydrogen (secondary N) is 1. The van der Waals surface area contributed by atoms with Gasteiger partial charge in [-0.1, -0.05) is 29.8 Å². The van der Waals surface area contributed by atoms with Crippen LogP contribution in [0.5, 0.6) is 0 Å². The predicted octanol–water partition coefficient (Wildman–Crippen LogP) is 2.96. The van der Waals surface area contributed by atoms with Crippen molar-refractivity contribution in [2.75, 3.05) is 17.3 Å². The molecule has 0 saturated heterocycles. The van der Waals surface area contributed by atoms with E-state index < -0.39 is 6.10 Å². The summed E-state index contributed by atoms with van der Waals surface area (Å²) in [6.45, 7) is 0.704. The van der Waals surface area contributed by atoms with Gasteiger partial charge in [-0.2, -0.15) is 0 Å². The number of fused-ring (bicyclic) bond motifs is 1. The van der Waals surface area contributed by atoms with Crippen LogP contribution in [0.3, 0.4) is 0 Å². The van der Waals surface area contributed by atoms with Gasteiger partial charge in [-0.15, -0.1) is 0 Å². The molecule has 0 aromatic heterocycles. The standard InChI is InChI=1S/C16H15ClN2O2/c1-19(9-10-3-2-4-11(17)7-10)12-5-6-13-14(8-12)18-16(21)15(13)20/h2-8,15,20H,9H2,1H3,(H,18,21). The number of hydrogen-bond donors (Lipinski definition) is 2. The zero-order valence-electron chi connectivity index (χ0n) is 11.5. The van der Waals surface area contributed by atoms with Crippen molar-refractivity contribution in [3.05, 3.63) is 58.6 Å². The van der Waals surface area contributed by atoms with Crippen LogP contribution in [0.15, 0.2) is 42.5 Å². The molecular weight excluding hydrogens is 288 g/mol. The molecule has 4 nitrogen and oxygen atoms in total. The normalized spacial score (nSPS) is 16.5. The molecule has 1 unspecified atom stereocenters. The minimum atomic E-state index is -1.06. The highest BCUT2D eigenvalue weighted by atomic mass is 35.5. The molecule has 108 valence electrons. The lowest BCUT2D eigenvalue weighted by molar-refractivity contribution is -0.123. The molecule has 1 amide bonds. The van der Waals surface area contributed by atoms with Crippen molar-refractivity contribution in [3.8, 4) is 0 Å². The van der Waals surface area contributed by atoms with E-state index in [0.29, 0.717) is 22.8 Å². The zero-order chi connectivity index (χ0) is 15.0. The third kappa shape index (κ3) is 2.73. The van der Waals surface area contributed by atoms with E-state index in [-0.39, 0.29) is 5.91 Å². The van der Waals surface area contributed by atoms with Crippen molar-refractivity contribution in [2.24, 2.45) is 0 Å². The van der Waals surface area contributed by atoms with Crippen LogP contribution in [0.2, 0.25) is 5.02 Å². The minimum absolute atomic E-state index is 0.375. The average Bonchev–Trinajstić information content (AvgIpc) is 2.73. The van der Waals surface area contributed by atoms with Gasteiger partial charge in [-0.3, -0.25) is 4.79 Å². The fraction of sp³-hybridized carbons (Fsp3) is 0.188. The Morgan fingerprint density at radius 3 is 2.86 bits per heavy atom. The van der Waals surface area contributed by atoms with E-state index in [0.717, 1.165) is 11.3 Å². The minimum Gasteiger partial charge on any atom is -0.378 e. The number of hydrogen-bond acceptors (Lipinski definition) is 3. The number of aliphatic hydroxyl groups excluding tert-OH is 1. The highest BCUT2D eigenvalue weighted by Gasteiger charge is 2.28. The van der Waals surface area contributed by atoms with Gasteiger partial charge in [0.05, 0.1) is 0 Å². The lowest BCUT2D eigenvalue weighted by atomic mass is 10.1. The summed E-state index contributed by atoms with van der Waals surface area (Å²) in [4.78, 5) is 13.5. The van der Waals surface area contributed by atoms with Crippen molar-refractivity contribution < 1.29 is 9.90 Å². The number of nitrogens with zero attached hydrogens (tertiary/aromatic N) is 1. The van der Waals surface area contributed by atoms with Crippen LogP contribution in [0.1, 0.15) is 17.2 Å². The van der Waals surface area contributed by atoms with Gasteiger partial charge >= 0.3 is 0 Å². The van der Waals surface area contributed by atoms with Crippen molar-refractivity contribution in [2.45, 2.75) is 12.6 Å². The molecule has 0 spiro atoms. The Balaban J connectivity index is 1.81. The molecule has 2 aromatic carbocycles. The number of carbonyl (C=O) groups excluding carboxylic acids is 1. The van der Waals surface area contributed by atoms with Crippen LogP contribution >= 0.6 is 11.6 Å². The van der Waals surface area contributed by atoms with E-state index >= 15 is 0 Å². The van der Waals surface area contributed by atoms with Crippen LogP contribution < -0.4 is 10.2 Å². The number of benzene rings is 2. The van der Waals surface area contributed by atoms with E-state index in [1.807, 2.05) is 43.4 Å². The van der Waals surface area contributed by atoms with E-state index in [1.165, 1.54) is 0 Å². The topological polar surface area (TPSA) is 52.6 Å². The number of amides is 1. The Kier molecular flexibility index (Phi) is 3.57. The Morgan fingerprint density at radius 2 is 2.10 bits per heavy atom. The van der Waals surface area contributed by atoms with Crippen molar-refractivity contribution in [1.82, 2.24) is 0 Å². The third-order valence-corrected chi connectivity index (χ3v) is 3.82. The molecule has 1 aliphatic rings. The Bertz CT molecular complexity index is 702. The second kappa shape index (κ2) is 5.39. The summed E-state index contributed by atoms with van der Waals surface area (Å²) in [5, 5.41) is 13.1. The third-order valence-electron chi connectivity index (χ3n) is 3.59. The van der Waals surface area contributed by atoms with Gasteiger partial charge in [0.25, 0.3) is 5.91 Å². The number of halogens is 1. The summed E-state index contributed by atoms with van der Waals surface area (Å²) in [6.07, 6.45) is -1.06. The first-order chi connectivity index (χ1) is 10.0. The molecule has 1 heterocycles. The molecule has 0 saturated carbocycles. The second-order valence-corrected chi connectivity index (χ2v) is 5.59. The van der Waals surface area contributed by atoms with Crippen molar-refractivity contribution >= 4 is 28.9 Å². The molecule has 0 radical (unpaired) electrons. The maximum atomic E-state index is 11.5. The fourth-order valence-electron chi connectivity index (χ4n) is 2.47. The Hall–Kier alpha value is -2.04. The summed E-state index contributed by atoms with van der Waals surface area (Å²) < 4.78 is 0. The predicted molar refractivity (Wildman–Crippen MR) is 83.6 cm³/mol. The molecule has 0 fully saturated rings. The zero-order valence-corrected chi connectivity index (χ0v) is 12.3. The molecule has 0 aliphatic carbocycles. The Labute approximate surface area is 128 Å². The van der Waals surface area contributed by atoms with Crippen LogP contribution in [0.25, 0.3) is 0 Å². The molecule has 2 aromatic rings. The number of aliphatic hydroxyl groups is 1. The second-order valence-electron chi connectivity index (χ2n) is 5.15. The fourth-order valence-corrected chi connectivity index (χ4v) is 2.68. The number of anilines is 2. The summed E-state index contributed by atoms with van der Waals surface area (Å²) in [5.74, 6) is -0.375. The van der Waals surface area contributed by atoms with Crippen LogP contribution in [-0.4, -0.2) is 18.1 Å². The molecule has 0 bridgehead atoms. The molecule has 5 heteroatoms. The summed E-state index contributed by atoms with van der Waals surface area (Å²) in [5.41, 5.74) is 3.36. The lowest BCUT2D eigenvalue weighted by Crippen LogP contribution is -2.16. The SMILES string of the molecule is CN(Cc1cccc(Cl)c1)c1ccc2c(c1)NC(=O)C2O. The molecule has 3 rings (SSSR count). The largest absolute Gasteiger partial charge is 0.378 e. The van der Waals surface area contributed by atoms with Gasteiger partial charge in [0.1, 0.15) is 0 Å². The monoisotopic (exact) mass is 302 g/mol. The van der Waals surface area contributed by atoms with E-state index in [2.05, 4.69) is 10.2 Å². The lowest BCUT2D eigenvalue weighted by Gasteiger charge is -2.20. The van der Waals surface area contributed by atoms with Crippen LogP contribution in [-0.2, 0) is 11.3 Å². The maximum absolute atomic E-state index is 11.5. The molecule has 21 heavy (non-hydrogen) atoms. The van der Waals surface area contributed by atoms with Crippen LogP contribution in [0, 0.1) is 0 Å². The quantitative estimate of drug-likeness (QED) is 0.916. The highest BCUT2D eigenvalue weighted by Crippen LogP contribution is 2.33. The van der Waals surface area contributed by atoms with Gasteiger partial charge in [0.15, 0.2) is 6.10 Å². The molecular formula is C16H15ClN2O2. The van der Waals surface area contributed by atoms with Gasteiger partial charge in [-0.25, -0.2) is 0 Å². The molecule has 1 atom stereocenters.